The minimum Gasteiger partial charge on any atom is -0.363 e. The number of fused-ring (bicyclic) bond motifs is 1. The van der Waals surface area contributed by atoms with Crippen molar-refractivity contribution in [3.05, 3.63) is 54.0 Å². The van der Waals surface area contributed by atoms with Gasteiger partial charge in [0.1, 0.15) is 0 Å². The van der Waals surface area contributed by atoms with Gasteiger partial charge in [-0.25, -0.2) is 9.37 Å². The molecule has 1 fully saturated rings. The van der Waals surface area contributed by atoms with E-state index < -0.39 is 5.82 Å². The number of rotatable bonds is 7. The number of amides is 1. The first-order chi connectivity index (χ1) is 16.0. The molecule has 2 aliphatic heterocycles. The molecule has 4 rings (SSSR count). The molecule has 3 heterocycles. The number of aromatic nitrogens is 2. The lowest BCUT2D eigenvalue weighted by Crippen LogP contribution is -2.44. The summed E-state index contributed by atoms with van der Waals surface area (Å²) in [6, 6.07) is 6.80. The van der Waals surface area contributed by atoms with Gasteiger partial charge >= 0.3 is 0 Å². The average molecular weight is 453 g/mol. The number of benzene rings is 1. The van der Waals surface area contributed by atoms with Crippen molar-refractivity contribution in [2.24, 2.45) is 0 Å². The Bertz CT molecular complexity index is 1010. The van der Waals surface area contributed by atoms with Crippen LogP contribution in [0.3, 0.4) is 0 Å². The van der Waals surface area contributed by atoms with Gasteiger partial charge in [0, 0.05) is 44.0 Å². The summed E-state index contributed by atoms with van der Waals surface area (Å²) in [6.07, 6.45) is 6.36. The van der Waals surface area contributed by atoms with Crippen LogP contribution in [0.2, 0.25) is 0 Å². The Labute approximate surface area is 195 Å². The summed E-state index contributed by atoms with van der Waals surface area (Å²) in [5.74, 6) is -0.136. The van der Waals surface area contributed by atoms with Gasteiger partial charge in [-0.2, -0.15) is 4.98 Å². The third-order valence-corrected chi connectivity index (χ3v) is 6.71. The fourth-order valence-electron chi connectivity index (χ4n) is 4.57. The van der Waals surface area contributed by atoms with Crippen LogP contribution in [0, 0.1) is 5.82 Å². The maximum absolute atomic E-state index is 14.4. The van der Waals surface area contributed by atoms with Crippen molar-refractivity contribution in [2.45, 2.75) is 58.2 Å². The Morgan fingerprint density at radius 2 is 2.21 bits per heavy atom. The molecule has 33 heavy (non-hydrogen) atoms. The molecule has 0 saturated carbocycles. The van der Waals surface area contributed by atoms with Crippen LogP contribution in [-0.4, -0.2) is 57.4 Å². The highest BCUT2D eigenvalue weighted by Gasteiger charge is 2.24. The highest BCUT2D eigenvalue weighted by atomic mass is 19.1. The minimum atomic E-state index is -0.512. The molecule has 2 unspecified atom stereocenters. The number of halogens is 1. The van der Waals surface area contributed by atoms with Gasteiger partial charge in [0.2, 0.25) is 11.9 Å². The van der Waals surface area contributed by atoms with Gasteiger partial charge in [0.05, 0.1) is 6.20 Å². The molecule has 2 aromatic rings. The largest absolute Gasteiger partial charge is 0.363 e. The van der Waals surface area contributed by atoms with Crippen molar-refractivity contribution in [3.8, 4) is 0 Å². The van der Waals surface area contributed by atoms with E-state index in [0.29, 0.717) is 25.1 Å². The van der Waals surface area contributed by atoms with Gasteiger partial charge < -0.3 is 15.5 Å². The van der Waals surface area contributed by atoms with Crippen LogP contribution in [0.4, 0.5) is 21.8 Å². The predicted molar refractivity (Wildman–Crippen MR) is 129 cm³/mol. The predicted octanol–water partition coefficient (Wildman–Crippen LogP) is 4.10. The van der Waals surface area contributed by atoms with E-state index in [1.54, 1.807) is 4.90 Å². The molecule has 0 aliphatic carbocycles. The highest BCUT2D eigenvalue weighted by Crippen LogP contribution is 2.26. The summed E-state index contributed by atoms with van der Waals surface area (Å²) in [5.41, 5.74) is 3.57. The second kappa shape index (κ2) is 10.3. The molecule has 0 bridgehead atoms. The van der Waals surface area contributed by atoms with Crippen LogP contribution >= 0.6 is 0 Å². The van der Waals surface area contributed by atoms with Crippen LogP contribution in [0.5, 0.6) is 0 Å². The Hall–Kier alpha value is -3.00. The lowest BCUT2D eigenvalue weighted by molar-refractivity contribution is -0.127. The number of carbonyl (C=O) groups excluding carboxylic acids is 1. The summed E-state index contributed by atoms with van der Waals surface area (Å²) >= 11 is 0. The van der Waals surface area contributed by atoms with Gasteiger partial charge in [-0.05, 0) is 61.9 Å². The topological polar surface area (TPSA) is 73.4 Å². The fraction of sp³-hybridized carbons (Fsp3) is 0.480. The Kier molecular flexibility index (Phi) is 7.23. The Morgan fingerprint density at radius 1 is 1.36 bits per heavy atom. The first-order valence-corrected chi connectivity index (χ1v) is 11.8. The summed E-state index contributed by atoms with van der Waals surface area (Å²) < 4.78 is 14.4. The number of likely N-dealkylation sites (tertiary alicyclic amines) is 1. The zero-order chi connectivity index (χ0) is 23.4. The van der Waals surface area contributed by atoms with Crippen molar-refractivity contribution >= 4 is 23.4 Å². The van der Waals surface area contributed by atoms with Crippen LogP contribution in [0.1, 0.15) is 44.2 Å². The molecular formula is C25H33FN6O. The third kappa shape index (κ3) is 5.50. The number of nitrogens with one attached hydrogen (secondary N) is 2. The number of hydrogen-bond donors (Lipinski definition) is 2. The molecule has 1 saturated heterocycles. The normalized spacial score (nSPS) is 19.5. The number of hydrogen-bond acceptors (Lipinski definition) is 6. The highest BCUT2D eigenvalue weighted by molar-refractivity contribution is 5.87. The van der Waals surface area contributed by atoms with Crippen LogP contribution < -0.4 is 10.6 Å². The molecule has 1 aromatic carbocycles. The zero-order valence-corrected chi connectivity index (χ0v) is 19.5. The SMILES string of the molecule is C=CC(=O)N1CCCC(Nc2nc(Nc3ccc4c(c3)CN(C(C)CC)CC4)ncc2F)C1. The fourth-order valence-corrected chi connectivity index (χ4v) is 4.57. The number of nitrogens with zero attached hydrogens (tertiary/aromatic N) is 4. The summed E-state index contributed by atoms with van der Waals surface area (Å²) in [5, 5.41) is 6.39. The van der Waals surface area contributed by atoms with E-state index in [1.807, 2.05) is 6.07 Å². The van der Waals surface area contributed by atoms with Crippen LogP contribution in [-0.2, 0) is 17.8 Å². The maximum atomic E-state index is 14.4. The number of piperidine rings is 1. The molecule has 2 atom stereocenters. The Balaban J connectivity index is 1.45. The van der Waals surface area contributed by atoms with Crippen molar-refractivity contribution < 1.29 is 9.18 Å². The second-order valence-corrected chi connectivity index (χ2v) is 8.95. The number of carbonyl (C=O) groups is 1. The molecule has 176 valence electrons. The monoisotopic (exact) mass is 452 g/mol. The smallest absolute Gasteiger partial charge is 0.246 e. The molecule has 1 amide bonds. The maximum Gasteiger partial charge on any atom is 0.246 e. The van der Waals surface area contributed by atoms with Crippen LogP contribution in [0.25, 0.3) is 0 Å². The molecule has 2 N–H and O–H groups in total. The molecule has 8 heteroatoms. The van der Waals surface area contributed by atoms with E-state index in [4.69, 9.17) is 0 Å². The van der Waals surface area contributed by atoms with E-state index in [9.17, 15) is 9.18 Å². The van der Waals surface area contributed by atoms with E-state index in [0.717, 1.165) is 44.5 Å². The second-order valence-electron chi connectivity index (χ2n) is 8.95. The van der Waals surface area contributed by atoms with Gasteiger partial charge in [0.15, 0.2) is 11.6 Å². The van der Waals surface area contributed by atoms with Crippen LogP contribution in [0.15, 0.2) is 37.1 Å². The summed E-state index contributed by atoms with van der Waals surface area (Å²) in [4.78, 5) is 24.7. The molecular weight excluding hydrogens is 419 g/mol. The third-order valence-electron chi connectivity index (χ3n) is 6.71. The van der Waals surface area contributed by atoms with E-state index in [2.05, 4.69) is 58.1 Å². The quantitative estimate of drug-likeness (QED) is 0.616. The van der Waals surface area contributed by atoms with Crippen molar-refractivity contribution in [1.82, 2.24) is 19.8 Å². The molecule has 1 aromatic heterocycles. The average Bonchev–Trinajstić information content (AvgIpc) is 2.84. The minimum absolute atomic E-state index is 0.0739. The zero-order valence-electron chi connectivity index (χ0n) is 19.5. The van der Waals surface area contributed by atoms with Gasteiger partial charge in [0.25, 0.3) is 0 Å². The molecule has 7 nitrogen and oxygen atoms in total. The standard InChI is InChI=1S/C25H33FN6O/c1-4-17(3)31-12-10-18-8-9-20(13-19(18)15-31)29-25-27-14-22(26)24(30-25)28-21-7-6-11-32(16-21)23(33)5-2/h5,8-9,13-14,17,21H,2,4,6-7,10-12,15-16H2,1,3H3,(H2,27,28,29,30). The first-order valence-electron chi connectivity index (χ1n) is 11.8. The van der Waals surface area contributed by atoms with Gasteiger partial charge in [-0.1, -0.05) is 19.6 Å². The van der Waals surface area contributed by atoms with Crippen molar-refractivity contribution in [3.63, 3.8) is 0 Å². The Morgan fingerprint density at radius 3 is 3.00 bits per heavy atom. The molecule has 2 aliphatic rings. The lowest BCUT2D eigenvalue weighted by atomic mass is 9.97. The van der Waals surface area contributed by atoms with Gasteiger partial charge in [-0.15, -0.1) is 0 Å². The van der Waals surface area contributed by atoms with Crippen molar-refractivity contribution in [1.29, 1.82) is 0 Å². The van der Waals surface area contributed by atoms with Crippen molar-refractivity contribution in [2.75, 3.05) is 30.3 Å². The summed E-state index contributed by atoms with van der Waals surface area (Å²) in [7, 11) is 0. The number of anilines is 3. The van der Waals surface area contributed by atoms with E-state index >= 15 is 0 Å². The molecule has 0 spiro atoms. The first kappa shape index (κ1) is 23.2. The van der Waals surface area contributed by atoms with Gasteiger partial charge in [-0.3, -0.25) is 9.69 Å². The van der Waals surface area contributed by atoms with E-state index in [-0.39, 0.29) is 17.8 Å². The summed E-state index contributed by atoms with van der Waals surface area (Å²) in [6.45, 7) is 11.2. The molecule has 0 radical (unpaired) electrons. The van der Waals surface area contributed by atoms with E-state index in [1.165, 1.54) is 23.4 Å². The lowest BCUT2D eigenvalue weighted by Gasteiger charge is -2.33.